The lowest BCUT2D eigenvalue weighted by Crippen LogP contribution is -2.21. The molecule has 4 heteroatoms. The molecule has 2 N–H and O–H groups in total. The molecule has 0 aromatic carbocycles. The van der Waals surface area contributed by atoms with E-state index in [0.29, 0.717) is 0 Å². The number of imidazole rings is 1. The molecule has 0 saturated heterocycles. The molecule has 0 fully saturated rings. The van der Waals surface area contributed by atoms with Crippen LogP contribution in [0.3, 0.4) is 0 Å². The SMILES string of the molecule is Cc1cc(C)c(C(C)NCc2ncc[nH]2)c(C)n1. The summed E-state index contributed by atoms with van der Waals surface area (Å²) in [7, 11) is 0. The van der Waals surface area contributed by atoms with Crippen LogP contribution in [0.2, 0.25) is 0 Å². The molecule has 0 bridgehead atoms. The lowest BCUT2D eigenvalue weighted by Gasteiger charge is -2.18. The minimum absolute atomic E-state index is 0.267. The molecule has 0 spiro atoms. The molecular formula is C14H20N4. The number of aryl methyl sites for hydroxylation is 3. The van der Waals surface area contributed by atoms with E-state index in [0.717, 1.165) is 23.8 Å². The lowest BCUT2D eigenvalue weighted by molar-refractivity contribution is 0.555. The third-order valence-electron chi connectivity index (χ3n) is 3.15. The fourth-order valence-electron chi connectivity index (χ4n) is 2.43. The second-order valence-corrected chi connectivity index (χ2v) is 4.72. The first-order valence-corrected chi connectivity index (χ1v) is 6.24. The van der Waals surface area contributed by atoms with Gasteiger partial charge in [0.2, 0.25) is 0 Å². The van der Waals surface area contributed by atoms with Crippen molar-refractivity contribution in [3.8, 4) is 0 Å². The van der Waals surface area contributed by atoms with E-state index in [1.807, 2.05) is 13.1 Å². The molecule has 4 nitrogen and oxygen atoms in total. The Hall–Kier alpha value is -1.68. The van der Waals surface area contributed by atoms with Gasteiger partial charge in [0.05, 0.1) is 6.54 Å². The Morgan fingerprint density at radius 2 is 2.11 bits per heavy atom. The van der Waals surface area contributed by atoms with Gasteiger partial charge in [0, 0.05) is 29.8 Å². The van der Waals surface area contributed by atoms with Crippen LogP contribution in [0.1, 0.15) is 41.3 Å². The largest absolute Gasteiger partial charge is 0.348 e. The highest BCUT2D eigenvalue weighted by molar-refractivity contribution is 5.33. The van der Waals surface area contributed by atoms with E-state index in [-0.39, 0.29) is 6.04 Å². The third-order valence-corrected chi connectivity index (χ3v) is 3.15. The van der Waals surface area contributed by atoms with E-state index < -0.39 is 0 Å². The van der Waals surface area contributed by atoms with Crippen molar-refractivity contribution in [3.63, 3.8) is 0 Å². The molecule has 2 aromatic heterocycles. The molecule has 0 radical (unpaired) electrons. The van der Waals surface area contributed by atoms with Gasteiger partial charge in [-0.1, -0.05) is 0 Å². The predicted molar refractivity (Wildman–Crippen MR) is 72.3 cm³/mol. The van der Waals surface area contributed by atoms with Crippen molar-refractivity contribution in [1.29, 1.82) is 0 Å². The molecule has 1 unspecified atom stereocenters. The Kier molecular flexibility index (Phi) is 3.77. The number of hydrogen-bond acceptors (Lipinski definition) is 3. The first-order valence-electron chi connectivity index (χ1n) is 6.24. The molecule has 2 heterocycles. The van der Waals surface area contributed by atoms with E-state index in [2.05, 4.69) is 47.1 Å². The van der Waals surface area contributed by atoms with Gasteiger partial charge < -0.3 is 10.3 Å². The maximum atomic E-state index is 4.54. The summed E-state index contributed by atoms with van der Waals surface area (Å²) in [5.41, 5.74) is 4.76. The van der Waals surface area contributed by atoms with Crippen LogP contribution >= 0.6 is 0 Å². The number of aromatic nitrogens is 3. The Balaban J connectivity index is 2.11. The van der Waals surface area contributed by atoms with E-state index in [9.17, 15) is 0 Å². The number of hydrogen-bond donors (Lipinski definition) is 2. The zero-order valence-corrected chi connectivity index (χ0v) is 11.4. The zero-order chi connectivity index (χ0) is 13.1. The maximum Gasteiger partial charge on any atom is 0.120 e. The summed E-state index contributed by atoms with van der Waals surface area (Å²) in [5, 5.41) is 3.47. The molecule has 1 atom stereocenters. The second kappa shape index (κ2) is 5.31. The lowest BCUT2D eigenvalue weighted by atomic mass is 10.0. The highest BCUT2D eigenvalue weighted by Gasteiger charge is 2.12. The number of rotatable bonds is 4. The van der Waals surface area contributed by atoms with Crippen LogP contribution in [-0.2, 0) is 6.54 Å². The van der Waals surface area contributed by atoms with Crippen LogP contribution < -0.4 is 5.32 Å². The van der Waals surface area contributed by atoms with Gasteiger partial charge in [-0.2, -0.15) is 0 Å². The fraction of sp³-hybridized carbons (Fsp3) is 0.429. The summed E-state index contributed by atoms with van der Waals surface area (Å²) in [5.74, 6) is 0.956. The van der Waals surface area contributed by atoms with Crippen molar-refractivity contribution in [2.75, 3.05) is 0 Å². The monoisotopic (exact) mass is 244 g/mol. The van der Waals surface area contributed by atoms with Crippen molar-refractivity contribution < 1.29 is 0 Å². The number of nitrogens with one attached hydrogen (secondary N) is 2. The minimum Gasteiger partial charge on any atom is -0.348 e. The Morgan fingerprint density at radius 3 is 2.72 bits per heavy atom. The number of nitrogens with zero attached hydrogens (tertiary/aromatic N) is 2. The number of aromatic amines is 1. The Bertz CT molecular complexity index is 494. The minimum atomic E-state index is 0.267. The van der Waals surface area contributed by atoms with Crippen molar-refractivity contribution in [2.45, 2.75) is 40.3 Å². The first kappa shape index (κ1) is 12.8. The van der Waals surface area contributed by atoms with Crippen LogP contribution in [0.25, 0.3) is 0 Å². The van der Waals surface area contributed by atoms with Gasteiger partial charge in [-0.3, -0.25) is 4.98 Å². The molecule has 0 saturated carbocycles. The van der Waals surface area contributed by atoms with Gasteiger partial charge in [-0.05, 0) is 44.9 Å². The van der Waals surface area contributed by atoms with Gasteiger partial charge in [0.15, 0.2) is 0 Å². The van der Waals surface area contributed by atoms with E-state index in [1.54, 1.807) is 6.20 Å². The van der Waals surface area contributed by atoms with E-state index >= 15 is 0 Å². The van der Waals surface area contributed by atoms with Crippen molar-refractivity contribution >= 4 is 0 Å². The molecule has 0 aliphatic carbocycles. The normalized spacial score (nSPS) is 12.7. The quantitative estimate of drug-likeness (QED) is 0.869. The summed E-state index contributed by atoms with van der Waals surface area (Å²) in [4.78, 5) is 11.8. The highest BCUT2D eigenvalue weighted by Crippen LogP contribution is 2.21. The third kappa shape index (κ3) is 2.76. The fourth-order valence-corrected chi connectivity index (χ4v) is 2.43. The molecule has 18 heavy (non-hydrogen) atoms. The van der Waals surface area contributed by atoms with Gasteiger partial charge in [-0.25, -0.2) is 4.98 Å². The van der Waals surface area contributed by atoms with Gasteiger partial charge in [0.25, 0.3) is 0 Å². The van der Waals surface area contributed by atoms with Crippen LogP contribution in [0.4, 0.5) is 0 Å². The molecule has 96 valence electrons. The summed E-state index contributed by atoms with van der Waals surface area (Å²) >= 11 is 0. The second-order valence-electron chi connectivity index (χ2n) is 4.72. The van der Waals surface area contributed by atoms with Gasteiger partial charge in [-0.15, -0.1) is 0 Å². The molecule has 0 aliphatic rings. The average molecular weight is 244 g/mol. The van der Waals surface area contributed by atoms with Crippen LogP contribution in [0, 0.1) is 20.8 Å². The Labute approximate surface area is 108 Å². The van der Waals surface area contributed by atoms with Crippen molar-refractivity contribution in [2.24, 2.45) is 0 Å². The van der Waals surface area contributed by atoms with Crippen LogP contribution in [0.15, 0.2) is 18.5 Å². The standard InChI is InChI=1S/C14H20N4/c1-9-7-10(2)18-12(4)14(9)11(3)17-8-13-15-5-6-16-13/h5-7,11,17H,8H2,1-4H3,(H,15,16). The van der Waals surface area contributed by atoms with E-state index in [1.165, 1.54) is 11.1 Å². The molecule has 2 rings (SSSR count). The highest BCUT2D eigenvalue weighted by atomic mass is 15.0. The average Bonchev–Trinajstić information content (AvgIpc) is 2.77. The van der Waals surface area contributed by atoms with Crippen molar-refractivity contribution in [1.82, 2.24) is 20.3 Å². The number of pyridine rings is 1. The van der Waals surface area contributed by atoms with Gasteiger partial charge >= 0.3 is 0 Å². The summed E-state index contributed by atoms with van der Waals surface area (Å²) in [6, 6.07) is 2.40. The Morgan fingerprint density at radius 1 is 1.33 bits per heavy atom. The van der Waals surface area contributed by atoms with Crippen LogP contribution in [-0.4, -0.2) is 15.0 Å². The maximum absolute atomic E-state index is 4.54. The summed E-state index contributed by atoms with van der Waals surface area (Å²) in [6.07, 6.45) is 3.61. The summed E-state index contributed by atoms with van der Waals surface area (Å²) < 4.78 is 0. The topological polar surface area (TPSA) is 53.6 Å². The molecule has 2 aromatic rings. The number of H-pyrrole nitrogens is 1. The summed E-state index contributed by atoms with van der Waals surface area (Å²) in [6.45, 7) is 9.14. The van der Waals surface area contributed by atoms with Gasteiger partial charge in [0.1, 0.15) is 5.82 Å². The first-order chi connectivity index (χ1) is 8.58. The van der Waals surface area contributed by atoms with Crippen LogP contribution in [0.5, 0.6) is 0 Å². The van der Waals surface area contributed by atoms with Crippen molar-refractivity contribution in [3.05, 3.63) is 46.8 Å². The smallest absolute Gasteiger partial charge is 0.120 e. The molecule has 0 aliphatic heterocycles. The zero-order valence-electron chi connectivity index (χ0n) is 11.4. The van der Waals surface area contributed by atoms with E-state index in [4.69, 9.17) is 0 Å². The predicted octanol–water partition coefficient (Wildman–Crippen LogP) is 2.58. The molecule has 0 amide bonds. The molecular weight excluding hydrogens is 224 g/mol.